The summed E-state index contributed by atoms with van der Waals surface area (Å²) >= 11 is 0. The summed E-state index contributed by atoms with van der Waals surface area (Å²) in [4.78, 5) is 28.2. The summed E-state index contributed by atoms with van der Waals surface area (Å²) in [7, 11) is 0. The average Bonchev–Trinajstić information content (AvgIpc) is 3.20. The third-order valence-electron chi connectivity index (χ3n) is 5.73. The monoisotopic (exact) mass is 455 g/mol. The molecule has 4 heterocycles. The Kier molecular flexibility index (Phi) is 4.72. The second kappa shape index (κ2) is 8.03. The first-order valence-electron chi connectivity index (χ1n) is 10.9. The van der Waals surface area contributed by atoms with E-state index < -0.39 is 11.9 Å². The van der Waals surface area contributed by atoms with Gasteiger partial charge in [0.15, 0.2) is 5.65 Å². The summed E-state index contributed by atoms with van der Waals surface area (Å²) in [6, 6.07) is 9.91. The minimum Gasteiger partial charge on any atom is -0.367 e. The summed E-state index contributed by atoms with van der Waals surface area (Å²) in [5, 5.41) is 23.0. The number of anilines is 2. The van der Waals surface area contributed by atoms with Crippen molar-refractivity contribution in [2.45, 2.75) is 25.4 Å². The van der Waals surface area contributed by atoms with Crippen molar-refractivity contribution in [3.05, 3.63) is 65.7 Å². The number of carbonyl (C=O) groups is 2. The van der Waals surface area contributed by atoms with Gasteiger partial charge in [-0.05, 0) is 30.0 Å². The van der Waals surface area contributed by atoms with Crippen LogP contribution in [0.2, 0.25) is 0 Å². The zero-order valence-electron chi connectivity index (χ0n) is 18.0. The maximum absolute atomic E-state index is 12.0. The van der Waals surface area contributed by atoms with Crippen LogP contribution in [0, 0.1) is 0 Å². The smallest absolute Gasteiger partial charge is 0.326 e. The minimum absolute atomic E-state index is 0.158. The normalized spacial score (nSPS) is 16.6. The van der Waals surface area contributed by atoms with Crippen molar-refractivity contribution >= 4 is 35.3 Å². The van der Waals surface area contributed by atoms with Crippen LogP contribution >= 0.6 is 0 Å². The Morgan fingerprint density at radius 2 is 2.03 bits per heavy atom. The van der Waals surface area contributed by atoms with Gasteiger partial charge in [-0.3, -0.25) is 15.2 Å². The molecule has 0 bridgehead atoms. The van der Waals surface area contributed by atoms with Crippen molar-refractivity contribution in [3.8, 4) is 11.1 Å². The lowest BCUT2D eigenvalue weighted by Crippen LogP contribution is -2.22. The number of urea groups is 1. The lowest BCUT2D eigenvalue weighted by atomic mass is 10.0. The largest absolute Gasteiger partial charge is 0.367 e. The SMILES string of the molecule is O=C1NC(=O)C(=Cc2cnn3c(NC4CC4)cc(NCc4ccccc4-c4cn[nH]c4)nc23)N1. The molecule has 1 saturated carbocycles. The van der Waals surface area contributed by atoms with Gasteiger partial charge < -0.3 is 16.0 Å². The molecule has 11 nitrogen and oxygen atoms in total. The molecule has 1 aliphatic carbocycles. The highest BCUT2D eigenvalue weighted by molar-refractivity contribution is 6.14. The highest BCUT2D eigenvalue weighted by Gasteiger charge is 2.25. The van der Waals surface area contributed by atoms with E-state index in [-0.39, 0.29) is 5.70 Å². The third kappa shape index (κ3) is 3.83. The second-order valence-electron chi connectivity index (χ2n) is 8.24. The van der Waals surface area contributed by atoms with Gasteiger partial charge in [0.1, 0.15) is 17.3 Å². The number of benzene rings is 1. The lowest BCUT2D eigenvalue weighted by Gasteiger charge is -2.13. The standard InChI is InChI=1S/C23H21N9O2/c33-22-18(29-23(34)31-22)7-14-12-27-32-20(28-16-5-6-16)8-19(30-21(14)32)24-9-13-3-1-2-4-17(13)15-10-25-26-11-15/h1-4,7-8,10-12,16,28H,5-6,9H2,(H,24,30)(H,25,26)(H2,29,31,33,34). The van der Waals surface area contributed by atoms with Crippen LogP contribution in [-0.2, 0) is 11.3 Å². The van der Waals surface area contributed by atoms with Gasteiger partial charge in [-0.1, -0.05) is 24.3 Å². The van der Waals surface area contributed by atoms with Crippen LogP contribution in [0.3, 0.4) is 0 Å². The first kappa shape index (κ1) is 20.0. The number of imide groups is 1. The zero-order chi connectivity index (χ0) is 23.1. The summed E-state index contributed by atoms with van der Waals surface area (Å²) in [6.45, 7) is 0.552. The van der Waals surface area contributed by atoms with Crippen molar-refractivity contribution < 1.29 is 9.59 Å². The molecule has 0 spiro atoms. The fourth-order valence-electron chi connectivity index (χ4n) is 3.89. The van der Waals surface area contributed by atoms with Crippen LogP contribution in [0.4, 0.5) is 16.4 Å². The van der Waals surface area contributed by atoms with Crippen molar-refractivity contribution in [2.24, 2.45) is 0 Å². The zero-order valence-corrected chi connectivity index (χ0v) is 18.0. The molecule has 170 valence electrons. The number of nitrogens with one attached hydrogen (secondary N) is 5. The molecule has 1 aliphatic heterocycles. The van der Waals surface area contributed by atoms with E-state index in [1.165, 1.54) is 0 Å². The number of hydrogen-bond acceptors (Lipinski definition) is 7. The van der Waals surface area contributed by atoms with E-state index in [1.807, 2.05) is 24.4 Å². The highest BCUT2D eigenvalue weighted by atomic mass is 16.2. The molecular formula is C23H21N9O2. The summed E-state index contributed by atoms with van der Waals surface area (Å²) in [5.41, 5.74) is 4.54. The molecule has 1 aromatic carbocycles. The number of aromatic nitrogens is 5. The van der Waals surface area contributed by atoms with E-state index in [9.17, 15) is 9.59 Å². The predicted octanol–water partition coefficient (Wildman–Crippen LogP) is 2.49. The number of amides is 3. The Balaban J connectivity index is 1.34. The second-order valence-corrected chi connectivity index (χ2v) is 8.24. The predicted molar refractivity (Wildman–Crippen MR) is 126 cm³/mol. The van der Waals surface area contributed by atoms with Gasteiger partial charge in [-0.15, -0.1) is 0 Å². The van der Waals surface area contributed by atoms with Crippen LogP contribution in [0.1, 0.15) is 24.0 Å². The molecule has 6 rings (SSSR count). The number of carbonyl (C=O) groups excluding carboxylic acids is 2. The Bertz CT molecular complexity index is 1430. The van der Waals surface area contributed by atoms with Crippen molar-refractivity contribution in [2.75, 3.05) is 10.6 Å². The van der Waals surface area contributed by atoms with Gasteiger partial charge in [0.05, 0.1) is 12.4 Å². The number of rotatable bonds is 7. The Morgan fingerprint density at radius 3 is 2.79 bits per heavy atom. The van der Waals surface area contributed by atoms with Crippen LogP contribution in [0.5, 0.6) is 0 Å². The molecule has 0 unspecified atom stereocenters. The average molecular weight is 455 g/mol. The highest BCUT2D eigenvalue weighted by Crippen LogP contribution is 2.28. The Labute approximate surface area is 193 Å². The molecule has 0 atom stereocenters. The fourth-order valence-corrected chi connectivity index (χ4v) is 3.89. The number of hydrogen-bond donors (Lipinski definition) is 5. The molecule has 2 aliphatic rings. The van der Waals surface area contributed by atoms with Gasteiger partial charge in [-0.25, -0.2) is 9.78 Å². The van der Waals surface area contributed by atoms with Crippen molar-refractivity contribution in [1.29, 1.82) is 0 Å². The fraction of sp³-hybridized carbons (Fsp3) is 0.174. The molecule has 4 aromatic rings. The molecular weight excluding hydrogens is 434 g/mol. The Hall–Kier alpha value is -4.67. The number of fused-ring (bicyclic) bond motifs is 1. The van der Waals surface area contributed by atoms with Crippen molar-refractivity contribution in [3.63, 3.8) is 0 Å². The summed E-state index contributed by atoms with van der Waals surface area (Å²) in [6.07, 6.45) is 9.08. The van der Waals surface area contributed by atoms with Gasteiger partial charge in [0.25, 0.3) is 5.91 Å². The molecule has 0 radical (unpaired) electrons. The number of nitrogens with zero attached hydrogens (tertiary/aromatic N) is 4. The maximum atomic E-state index is 12.0. The molecule has 5 N–H and O–H groups in total. The van der Waals surface area contributed by atoms with E-state index >= 15 is 0 Å². The first-order valence-corrected chi connectivity index (χ1v) is 10.9. The number of aromatic amines is 1. The maximum Gasteiger partial charge on any atom is 0.326 e. The van der Waals surface area contributed by atoms with Gasteiger partial charge >= 0.3 is 6.03 Å². The topological polar surface area (TPSA) is 141 Å². The van der Waals surface area contributed by atoms with E-state index in [4.69, 9.17) is 4.98 Å². The van der Waals surface area contributed by atoms with Gasteiger partial charge in [0.2, 0.25) is 0 Å². The lowest BCUT2D eigenvalue weighted by molar-refractivity contribution is -0.115. The molecule has 3 amide bonds. The van der Waals surface area contributed by atoms with E-state index in [0.717, 1.165) is 35.3 Å². The van der Waals surface area contributed by atoms with Crippen LogP contribution in [0.25, 0.3) is 22.9 Å². The molecule has 34 heavy (non-hydrogen) atoms. The van der Waals surface area contributed by atoms with Gasteiger partial charge in [-0.2, -0.15) is 14.7 Å². The molecule has 1 saturated heterocycles. The molecule has 2 fully saturated rings. The van der Waals surface area contributed by atoms with Crippen LogP contribution in [-0.4, -0.2) is 42.8 Å². The van der Waals surface area contributed by atoms with E-state index in [2.05, 4.69) is 48.7 Å². The number of H-pyrrole nitrogens is 1. The Morgan fingerprint density at radius 1 is 1.15 bits per heavy atom. The molecule has 3 aromatic heterocycles. The van der Waals surface area contributed by atoms with E-state index in [0.29, 0.717) is 29.6 Å². The van der Waals surface area contributed by atoms with E-state index in [1.54, 1.807) is 23.0 Å². The quantitative estimate of drug-likeness (QED) is 0.213. The summed E-state index contributed by atoms with van der Waals surface area (Å²) in [5.74, 6) is 0.992. The van der Waals surface area contributed by atoms with Crippen molar-refractivity contribution in [1.82, 2.24) is 35.4 Å². The van der Waals surface area contributed by atoms with Crippen LogP contribution < -0.4 is 21.3 Å². The minimum atomic E-state index is -0.546. The van der Waals surface area contributed by atoms with Gasteiger partial charge in [0, 0.05) is 36.0 Å². The van der Waals surface area contributed by atoms with Crippen LogP contribution in [0.15, 0.2) is 54.6 Å². The molecule has 11 heteroatoms. The first-order chi connectivity index (χ1) is 16.6. The summed E-state index contributed by atoms with van der Waals surface area (Å²) < 4.78 is 1.71. The third-order valence-corrected chi connectivity index (χ3v) is 5.73.